The van der Waals surface area contributed by atoms with Crippen molar-refractivity contribution in [2.45, 2.75) is 50.6 Å². The molecule has 0 unspecified atom stereocenters. The molecule has 28 heavy (non-hydrogen) atoms. The van der Waals surface area contributed by atoms with E-state index in [2.05, 4.69) is 16.7 Å². The van der Waals surface area contributed by atoms with E-state index >= 15 is 0 Å². The summed E-state index contributed by atoms with van der Waals surface area (Å²) in [6.07, 6.45) is 6.06. The maximum atomic E-state index is 12.9. The number of carbonyl (C=O) groups excluding carboxylic acids is 2. The zero-order valence-electron chi connectivity index (χ0n) is 15.9. The van der Waals surface area contributed by atoms with Crippen LogP contribution in [0.5, 0.6) is 0 Å². The maximum Gasteiger partial charge on any atom is 0.322 e. The quantitative estimate of drug-likeness (QED) is 0.859. The van der Waals surface area contributed by atoms with Gasteiger partial charge in [-0.1, -0.05) is 24.3 Å². The van der Waals surface area contributed by atoms with Gasteiger partial charge in [0, 0.05) is 23.8 Å². The van der Waals surface area contributed by atoms with Gasteiger partial charge in [0.2, 0.25) is 0 Å². The van der Waals surface area contributed by atoms with Crippen molar-refractivity contribution >= 4 is 17.6 Å². The highest BCUT2D eigenvalue weighted by Crippen LogP contribution is 2.33. The topological polar surface area (TPSA) is 61.4 Å². The second-order valence-electron chi connectivity index (χ2n) is 8.09. The average molecular weight is 375 g/mol. The van der Waals surface area contributed by atoms with E-state index in [1.807, 2.05) is 41.3 Å². The maximum absolute atomic E-state index is 12.9. The number of carbonyl (C=O) groups is 2. The van der Waals surface area contributed by atoms with Crippen molar-refractivity contribution in [3.05, 3.63) is 64.7 Å². The van der Waals surface area contributed by atoms with Gasteiger partial charge < -0.3 is 10.6 Å². The molecule has 3 aliphatic rings. The zero-order valence-corrected chi connectivity index (χ0v) is 15.9. The number of rotatable bonds is 3. The van der Waals surface area contributed by atoms with Crippen LogP contribution in [0.2, 0.25) is 0 Å². The molecule has 5 rings (SSSR count). The van der Waals surface area contributed by atoms with Crippen LogP contribution in [0.1, 0.15) is 58.8 Å². The van der Waals surface area contributed by atoms with Crippen molar-refractivity contribution in [2.24, 2.45) is 0 Å². The monoisotopic (exact) mass is 375 g/mol. The van der Waals surface area contributed by atoms with Crippen molar-refractivity contribution in [1.82, 2.24) is 10.6 Å². The number of anilines is 1. The van der Waals surface area contributed by atoms with E-state index in [0.29, 0.717) is 6.04 Å². The van der Waals surface area contributed by atoms with E-state index in [1.165, 1.54) is 17.5 Å². The third-order valence-electron chi connectivity index (χ3n) is 6.35. The van der Waals surface area contributed by atoms with E-state index in [-0.39, 0.29) is 18.0 Å². The number of hydrogen-bond donors (Lipinski definition) is 2. The molecule has 3 amide bonds. The van der Waals surface area contributed by atoms with Crippen LogP contribution in [0, 0.1) is 0 Å². The first-order valence-corrected chi connectivity index (χ1v) is 10.3. The van der Waals surface area contributed by atoms with Gasteiger partial charge in [-0.15, -0.1) is 0 Å². The molecule has 144 valence electrons. The van der Waals surface area contributed by atoms with Crippen LogP contribution in [0.25, 0.3) is 0 Å². The minimum atomic E-state index is -0.0328. The van der Waals surface area contributed by atoms with Gasteiger partial charge in [-0.2, -0.15) is 0 Å². The van der Waals surface area contributed by atoms with Gasteiger partial charge in [0.1, 0.15) is 0 Å². The third-order valence-corrected chi connectivity index (χ3v) is 6.35. The van der Waals surface area contributed by atoms with E-state index in [4.69, 9.17) is 0 Å². The fourth-order valence-electron chi connectivity index (χ4n) is 4.51. The Morgan fingerprint density at radius 1 is 0.929 bits per heavy atom. The number of hydrogen-bond acceptors (Lipinski definition) is 2. The summed E-state index contributed by atoms with van der Waals surface area (Å²) in [5, 5.41) is 6.30. The molecule has 1 fully saturated rings. The van der Waals surface area contributed by atoms with Gasteiger partial charge in [-0.25, -0.2) is 4.79 Å². The summed E-state index contributed by atoms with van der Waals surface area (Å²) in [4.78, 5) is 27.1. The summed E-state index contributed by atoms with van der Waals surface area (Å²) < 4.78 is 0. The molecule has 1 saturated carbocycles. The van der Waals surface area contributed by atoms with Gasteiger partial charge in [0.15, 0.2) is 0 Å². The van der Waals surface area contributed by atoms with Gasteiger partial charge in [-0.05, 0) is 73.4 Å². The van der Waals surface area contributed by atoms with Crippen molar-refractivity contribution in [1.29, 1.82) is 0 Å². The van der Waals surface area contributed by atoms with Crippen LogP contribution in [-0.4, -0.2) is 24.5 Å². The lowest BCUT2D eigenvalue weighted by atomic mass is 9.93. The number of nitrogens with one attached hydrogen (secondary N) is 2. The van der Waals surface area contributed by atoms with Crippen LogP contribution in [0.15, 0.2) is 42.5 Å². The molecule has 0 bridgehead atoms. The zero-order chi connectivity index (χ0) is 19.1. The standard InChI is InChI=1S/C23H25N3O2/c27-22(24-18-5-3-6-18)17-8-10-19-16(14-17)9-11-20(19)25-23(28)26-13-12-15-4-1-2-7-21(15)26/h1-2,4,7-8,10,14,18,20H,3,5-6,9,11-13H2,(H,24,27)(H,25,28)/t20-/m1/s1. The number of nitrogens with zero attached hydrogens (tertiary/aromatic N) is 1. The third kappa shape index (κ3) is 3.05. The highest BCUT2D eigenvalue weighted by Gasteiger charge is 2.30. The predicted molar refractivity (Wildman–Crippen MR) is 109 cm³/mol. The summed E-state index contributed by atoms with van der Waals surface area (Å²) in [5.41, 5.74) is 5.29. The Morgan fingerprint density at radius 3 is 2.61 bits per heavy atom. The number of aryl methyl sites for hydroxylation is 1. The Balaban J connectivity index is 1.28. The molecule has 0 aromatic heterocycles. The van der Waals surface area contributed by atoms with Crippen molar-refractivity contribution < 1.29 is 9.59 Å². The summed E-state index contributed by atoms with van der Waals surface area (Å²) >= 11 is 0. The summed E-state index contributed by atoms with van der Waals surface area (Å²) in [7, 11) is 0. The first-order valence-electron chi connectivity index (χ1n) is 10.3. The Morgan fingerprint density at radius 2 is 1.79 bits per heavy atom. The molecule has 0 saturated heterocycles. The second kappa shape index (κ2) is 6.97. The molecule has 1 heterocycles. The van der Waals surface area contributed by atoms with Crippen molar-refractivity contribution in [3.63, 3.8) is 0 Å². The molecule has 1 aliphatic heterocycles. The lowest BCUT2D eigenvalue weighted by Gasteiger charge is -2.26. The fraction of sp³-hybridized carbons (Fsp3) is 0.391. The fourth-order valence-corrected chi connectivity index (χ4v) is 4.51. The summed E-state index contributed by atoms with van der Waals surface area (Å²) in [6.45, 7) is 0.727. The predicted octanol–water partition coefficient (Wildman–Crippen LogP) is 3.73. The van der Waals surface area contributed by atoms with Gasteiger partial charge in [-0.3, -0.25) is 9.69 Å². The van der Waals surface area contributed by atoms with Gasteiger partial charge in [0.05, 0.1) is 6.04 Å². The molecule has 0 radical (unpaired) electrons. The van der Waals surface area contributed by atoms with Crippen LogP contribution >= 0.6 is 0 Å². The van der Waals surface area contributed by atoms with E-state index < -0.39 is 0 Å². The normalized spacial score (nSPS) is 20.3. The molecule has 2 aromatic rings. The highest BCUT2D eigenvalue weighted by molar-refractivity contribution is 5.95. The second-order valence-corrected chi connectivity index (χ2v) is 8.09. The molecule has 2 aliphatic carbocycles. The number of fused-ring (bicyclic) bond motifs is 2. The summed E-state index contributed by atoms with van der Waals surface area (Å²) in [5.74, 6) is 0.0219. The lowest BCUT2D eigenvalue weighted by molar-refractivity contribution is 0.0917. The highest BCUT2D eigenvalue weighted by atomic mass is 16.2. The van der Waals surface area contributed by atoms with Crippen LogP contribution in [0.3, 0.4) is 0 Å². The minimum Gasteiger partial charge on any atom is -0.349 e. The molecule has 2 N–H and O–H groups in total. The molecule has 2 aromatic carbocycles. The SMILES string of the molecule is O=C(NC1CCC1)c1ccc2c(c1)CC[C@H]2NC(=O)N1CCc2ccccc21. The van der Waals surface area contributed by atoms with Crippen LogP contribution in [-0.2, 0) is 12.8 Å². The smallest absolute Gasteiger partial charge is 0.322 e. The van der Waals surface area contributed by atoms with Crippen LogP contribution in [0.4, 0.5) is 10.5 Å². The van der Waals surface area contributed by atoms with E-state index in [1.54, 1.807) is 0 Å². The van der Waals surface area contributed by atoms with E-state index in [9.17, 15) is 9.59 Å². The minimum absolute atomic E-state index is 0.0130. The van der Waals surface area contributed by atoms with Crippen molar-refractivity contribution in [2.75, 3.05) is 11.4 Å². The van der Waals surface area contributed by atoms with Crippen LogP contribution < -0.4 is 15.5 Å². The Hall–Kier alpha value is -2.82. The van der Waals surface area contributed by atoms with Gasteiger partial charge >= 0.3 is 6.03 Å². The Bertz CT molecular complexity index is 935. The van der Waals surface area contributed by atoms with Gasteiger partial charge in [0.25, 0.3) is 5.91 Å². The summed E-state index contributed by atoms with van der Waals surface area (Å²) in [6, 6.07) is 14.3. The average Bonchev–Trinajstić information content (AvgIpc) is 3.28. The molecule has 5 nitrogen and oxygen atoms in total. The Labute approximate surface area is 165 Å². The number of urea groups is 1. The number of para-hydroxylation sites is 1. The Kier molecular flexibility index (Phi) is 4.30. The first kappa shape index (κ1) is 17.3. The lowest BCUT2D eigenvalue weighted by Crippen LogP contribution is -2.40. The molecule has 0 spiro atoms. The number of amides is 3. The van der Waals surface area contributed by atoms with E-state index in [0.717, 1.165) is 55.5 Å². The van der Waals surface area contributed by atoms with Crippen molar-refractivity contribution in [3.8, 4) is 0 Å². The number of benzene rings is 2. The molecular weight excluding hydrogens is 350 g/mol. The molecule has 1 atom stereocenters. The largest absolute Gasteiger partial charge is 0.349 e. The molecule has 5 heteroatoms. The molecular formula is C23H25N3O2. The first-order chi connectivity index (χ1) is 13.7.